The molecular formula is C26H31Cl2N3O4. The van der Waals surface area contributed by atoms with Gasteiger partial charge in [0.1, 0.15) is 24.1 Å². The van der Waals surface area contributed by atoms with Crippen LogP contribution < -0.4 is 5.32 Å². The summed E-state index contributed by atoms with van der Waals surface area (Å²) in [4.78, 5) is 30.1. The Labute approximate surface area is 215 Å². The van der Waals surface area contributed by atoms with E-state index in [1.807, 2.05) is 30.3 Å². The molecule has 1 atom stereocenters. The first-order chi connectivity index (χ1) is 16.6. The van der Waals surface area contributed by atoms with E-state index in [0.717, 1.165) is 35.4 Å². The number of imidazole rings is 1. The monoisotopic (exact) mass is 519 g/mol. The van der Waals surface area contributed by atoms with Gasteiger partial charge in [0.2, 0.25) is 0 Å². The van der Waals surface area contributed by atoms with E-state index in [-0.39, 0.29) is 13.0 Å². The zero-order valence-electron chi connectivity index (χ0n) is 20.4. The van der Waals surface area contributed by atoms with E-state index < -0.39 is 23.7 Å². The Morgan fingerprint density at radius 3 is 2.46 bits per heavy atom. The molecule has 7 nitrogen and oxygen atoms in total. The summed E-state index contributed by atoms with van der Waals surface area (Å²) in [6.45, 7) is 8.20. The molecule has 0 radical (unpaired) electrons. The van der Waals surface area contributed by atoms with Crippen molar-refractivity contribution in [2.45, 2.75) is 71.8 Å². The number of hydrogen-bond acceptors (Lipinski definition) is 5. The number of ether oxygens (including phenoxy) is 2. The molecule has 3 aromatic rings. The van der Waals surface area contributed by atoms with E-state index in [1.165, 1.54) is 0 Å². The van der Waals surface area contributed by atoms with Crippen LogP contribution in [0.15, 0.2) is 42.5 Å². The minimum atomic E-state index is -0.907. The molecule has 1 unspecified atom stereocenters. The third-order valence-corrected chi connectivity index (χ3v) is 5.89. The number of nitrogens with one attached hydrogen (secondary N) is 1. The Morgan fingerprint density at radius 1 is 1.11 bits per heavy atom. The molecule has 0 fully saturated rings. The Bertz CT molecular complexity index is 1170. The van der Waals surface area contributed by atoms with Gasteiger partial charge in [0.25, 0.3) is 0 Å². The van der Waals surface area contributed by atoms with Gasteiger partial charge in [0.15, 0.2) is 0 Å². The highest BCUT2D eigenvalue weighted by atomic mass is 35.5. The molecule has 0 bridgehead atoms. The van der Waals surface area contributed by atoms with Gasteiger partial charge in [0, 0.05) is 13.0 Å². The maximum absolute atomic E-state index is 13.0. The van der Waals surface area contributed by atoms with Crippen molar-refractivity contribution < 1.29 is 19.1 Å². The summed E-state index contributed by atoms with van der Waals surface area (Å²) in [7, 11) is 0. The van der Waals surface area contributed by atoms with E-state index in [1.54, 1.807) is 32.9 Å². The van der Waals surface area contributed by atoms with Crippen molar-refractivity contribution in [3.8, 4) is 0 Å². The number of alkyl carbamates (subject to hydrolysis) is 1. The summed E-state index contributed by atoms with van der Waals surface area (Å²) in [5.41, 5.74) is 1.76. The highest BCUT2D eigenvalue weighted by Crippen LogP contribution is 2.29. The number of carbonyl (C=O) groups is 2. The normalized spacial score (nSPS) is 12.4. The molecule has 3 rings (SSSR count). The molecule has 0 aliphatic rings. The van der Waals surface area contributed by atoms with E-state index in [0.29, 0.717) is 16.5 Å². The highest BCUT2D eigenvalue weighted by Gasteiger charge is 2.26. The second-order valence-corrected chi connectivity index (χ2v) is 10.1. The molecule has 0 aliphatic heterocycles. The van der Waals surface area contributed by atoms with Crippen LogP contribution in [0.1, 0.15) is 51.9 Å². The molecule has 1 aromatic heterocycles. The van der Waals surface area contributed by atoms with E-state index in [9.17, 15) is 9.59 Å². The number of halogens is 2. The standard InChI is InChI=1S/C26H31Cl2N3O4/c1-5-13-31-22-15-19(28)18(27)14-21(22)29-23(31)12-11-20(30-25(33)35-26(2,3)4)24(32)34-16-17-9-7-6-8-10-17/h6-10,14-15,20H,5,11-13,16H2,1-4H3,(H,30,33). The number of amides is 1. The maximum atomic E-state index is 13.0. The van der Waals surface area contributed by atoms with Gasteiger partial charge in [-0.25, -0.2) is 14.6 Å². The Morgan fingerprint density at radius 2 is 1.80 bits per heavy atom. The lowest BCUT2D eigenvalue weighted by atomic mass is 10.1. The second-order valence-electron chi connectivity index (χ2n) is 9.27. The zero-order valence-corrected chi connectivity index (χ0v) is 21.9. The summed E-state index contributed by atoms with van der Waals surface area (Å²) in [6.07, 6.45) is 0.906. The van der Waals surface area contributed by atoms with Gasteiger partial charge in [-0.3, -0.25) is 0 Å². The zero-order chi connectivity index (χ0) is 25.6. The molecule has 1 heterocycles. The number of aryl methyl sites for hydroxylation is 2. The van der Waals surface area contributed by atoms with Gasteiger partial charge < -0.3 is 19.4 Å². The van der Waals surface area contributed by atoms with Crippen LogP contribution in [-0.2, 0) is 33.8 Å². The first-order valence-corrected chi connectivity index (χ1v) is 12.4. The molecule has 0 saturated carbocycles. The number of rotatable bonds is 9. The number of esters is 1. The van der Waals surface area contributed by atoms with Gasteiger partial charge in [-0.05, 0) is 51.3 Å². The van der Waals surface area contributed by atoms with Gasteiger partial charge in [-0.1, -0.05) is 60.5 Å². The summed E-state index contributed by atoms with van der Waals surface area (Å²) in [5.74, 6) is 0.232. The largest absolute Gasteiger partial charge is 0.459 e. The number of hydrogen-bond donors (Lipinski definition) is 1. The van der Waals surface area contributed by atoms with Gasteiger partial charge in [-0.2, -0.15) is 0 Å². The van der Waals surface area contributed by atoms with Crippen LogP contribution in [-0.4, -0.2) is 33.3 Å². The molecule has 0 aliphatic carbocycles. The van der Waals surface area contributed by atoms with Crippen molar-refractivity contribution in [3.05, 3.63) is 63.9 Å². The average Bonchev–Trinajstić information content (AvgIpc) is 3.11. The first-order valence-electron chi connectivity index (χ1n) is 11.6. The van der Waals surface area contributed by atoms with Crippen LogP contribution in [0.25, 0.3) is 11.0 Å². The molecule has 35 heavy (non-hydrogen) atoms. The lowest BCUT2D eigenvalue weighted by molar-refractivity contribution is -0.147. The topological polar surface area (TPSA) is 82.5 Å². The lowest BCUT2D eigenvalue weighted by Crippen LogP contribution is -2.44. The fourth-order valence-corrected chi connectivity index (χ4v) is 3.95. The lowest BCUT2D eigenvalue weighted by Gasteiger charge is -2.23. The number of fused-ring (bicyclic) bond motifs is 1. The number of nitrogens with zero attached hydrogens (tertiary/aromatic N) is 2. The number of benzene rings is 2. The third kappa shape index (κ3) is 7.61. The van der Waals surface area contributed by atoms with Crippen LogP contribution in [0.3, 0.4) is 0 Å². The summed E-state index contributed by atoms with van der Waals surface area (Å²) < 4.78 is 12.9. The second kappa shape index (κ2) is 11.8. The molecule has 2 aromatic carbocycles. The molecule has 1 N–H and O–H groups in total. The van der Waals surface area contributed by atoms with Gasteiger partial charge >= 0.3 is 12.1 Å². The molecule has 1 amide bonds. The predicted molar refractivity (Wildman–Crippen MR) is 138 cm³/mol. The van der Waals surface area contributed by atoms with Crippen LogP contribution in [0.2, 0.25) is 10.0 Å². The van der Waals surface area contributed by atoms with Crippen molar-refractivity contribution in [2.24, 2.45) is 0 Å². The first kappa shape index (κ1) is 26.8. The molecule has 9 heteroatoms. The van der Waals surface area contributed by atoms with Gasteiger partial charge in [0.05, 0.1) is 21.1 Å². The van der Waals surface area contributed by atoms with Crippen molar-refractivity contribution in [1.82, 2.24) is 14.9 Å². The maximum Gasteiger partial charge on any atom is 0.408 e. The minimum absolute atomic E-state index is 0.109. The van der Waals surface area contributed by atoms with Crippen molar-refractivity contribution in [3.63, 3.8) is 0 Å². The molecule has 0 saturated heterocycles. The smallest absolute Gasteiger partial charge is 0.408 e. The Balaban J connectivity index is 1.79. The fraction of sp³-hybridized carbons (Fsp3) is 0.423. The van der Waals surface area contributed by atoms with Crippen molar-refractivity contribution in [2.75, 3.05) is 0 Å². The molecule has 0 spiro atoms. The number of aromatic nitrogens is 2. The van der Waals surface area contributed by atoms with Gasteiger partial charge in [-0.15, -0.1) is 0 Å². The van der Waals surface area contributed by atoms with E-state index in [2.05, 4.69) is 16.8 Å². The fourth-order valence-electron chi connectivity index (χ4n) is 3.64. The van der Waals surface area contributed by atoms with E-state index >= 15 is 0 Å². The van der Waals surface area contributed by atoms with Crippen LogP contribution in [0, 0.1) is 0 Å². The minimum Gasteiger partial charge on any atom is -0.459 e. The average molecular weight is 520 g/mol. The third-order valence-electron chi connectivity index (χ3n) is 5.17. The van der Waals surface area contributed by atoms with Crippen molar-refractivity contribution in [1.29, 1.82) is 0 Å². The number of carbonyl (C=O) groups excluding carboxylic acids is 2. The van der Waals surface area contributed by atoms with Crippen LogP contribution in [0.5, 0.6) is 0 Å². The molecular weight excluding hydrogens is 489 g/mol. The van der Waals surface area contributed by atoms with Crippen molar-refractivity contribution >= 4 is 46.3 Å². The SMILES string of the molecule is CCCn1c(CCC(NC(=O)OC(C)(C)C)C(=O)OCc2ccccc2)nc2cc(Cl)c(Cl)cc21. The highest BCUT2D eigenvalue weighted by molar-refractivity contribution is 6.42. The summed E-state index contributed by atoms with van der Waals surface area (Å²) in [6, 6.07) is 12.0. The Hall–Kier alpha value is -2.77. The van der Waals surface area contributed by atoms with Crippen LogP contribution in [0.4, 0.5) is 4.79 Å². The van der Waals surface area contributed by atoms with Crippen LogP contribution >= 0.6 is 23.2 Å². The quantitative estimate of drug-likeness (QED) is 0.334. The predicted octanol–water partition coefficient (Wildman–Crippen LogP) is 6.32. The molecule has 188 valence electrons. The summed E-state index contributed by atoms with van der Waals surface area (Å²) >= 11 is 12.4. The van der Waals surface area contributed by atoms with E-state index in [4.69, 9.17) is 37.7 Å². The summed E-state index contributed by atoms with van der Waals surface area (Å²) in [5, 5.41) is 3.56. The Kier molecular flexibility index (Phi) is 9.03.